The van der Waals surface area contributed by atoms with E-state index in [1.165, 1.54) is 18.4 Å². The predicted octanol–water partition coefficient (Wildman–Crippen LogP) is 1.45. The van der Waals surface area contributed by atoms with Gasteiger partial charge in [-0.15, -0.1) is 0 Å². The Balaban J connectivity index is 2.35. The molecule has 3 nitrogen and oxygen atoms in total. The smallest absolute Gasteiger partial charge is 0.305 e. The lowest BCUT2D eigenvalue weighted by Crippen LogP contribution is -2.13. The minimum absolute atomic E-state index is 0.114. The largest absolute Gasteiger partial charge is 0.469 e. The molecule has 0 radical (unpaired) electrons. The molecule has 3 heteroatoms. The highest BCUT2D eigenvalue weighted by Gasteiger charge is 2.19. The number of hydrogen-bond acceptors (Lipinski definition) is 3. The van der Waals surface area contributed by atoms with E-state index in [9.17, 15) is 4.79 Å². The summed E-state index contributed by atoms with van der Waals surface area (Å²) in [5.74, 6) is 0.399. The van der Waals surface area contributed by atoms with Gasteiger partial charge in [-0.05, 0) is 31.8 Å². The number of nitrogens with one attached hydrogen (secondary N) is 1. The molecule has 0 amide bonds. The summed E-state index contributed by atoms with van der Waals surface area (Å²) >= 11 is 0. The van der Waals surface area contributed by atoms with Crippen LogP contribution in [-0.4, -0.2) is 19.6 Å². The van der Waals surface area contributed by atoms with Gasteiger partial charge < -0.3 is 10.1 Å². The molecular weight excluding hydrogens is 166 g/mol. The number of ether oxygens (including phenoxy) is 1. The average molecular weight is 183 g/mol. The number of carbonyl (C=O) groups is 1. The van der Waals surface area contributed by atoms with Crippen molar-refractivity contribution in [2.75, 3.05) is 13.7 Å². The maximum Gasteiger partial charge on any atom is 0.305 e. The second-order valence-corrected chi connectivity index (χ2v) is 3.50. The van der Waals surface area contributed by atoms with Gasteiger partial charge in [0.2, 0.25) is 0 Å². The van der Waals surface area contributed by atoms with E-state index in [0.717, 1.165) is 13.0 Å². The van der Waals surface area contributed by atoms with Crippen LogP contribution in [0.3, 0.4) is 0 Å². The molecule has 1 aliphatic heterocycles. The van der Waals surface area contributed by atoms with Crippen molar-refractivity contribution >= 4 is 5.97 Å². The molecular formula is C10H17NO2. The number of allylic oxidation sites excluding steroid dienone is 1. The van der Waals surface area contributed by atoms with Crippen LogP contribution in [0.4, 0.5) is 0 Å². The highest BCUT2D eigenvalue weighted by Crippen LogP contribution is 2.23. The molecule has 0 saturated carbocycles. The predicted molar refractivity (Wildman–Crippen MR) is 51.1 cm³/mol. The molecule has 1 heterocycles. The Morgan fingerprint density at radius 1 is 1.62 bits per heavy atom. The fraction of sp³-hybridized carbons (Fsp3) is 0.700. The third-order valence-corrected chi connectivity index (χ3v) is 2.74. The Labute approximate surface area is 79.2 Å². The van der Waals surface area contributed by atoms with E-state index in [-0.39, 0.29) is 5.97 Å². The van der Waals surface area contributed by atoms with Gasteiger partial charge in [0.15, 0.2) is 0 Å². The normalized spacial score (nSPS) is 21.6. The molecule has 1 unspecified atom stereocenters. The topological polar surface area (TPSA) is 38.3 Å². The third-order valence-electron chi connectivity index (χ3n) is 2.74. The standard InChI is InChI=1S/C10H17NO2/c1-7-8(2)11-6-9(7)4-5-10(12)13-3/h9,11H,4-6H2,1-3H3. The summed E-state index contributed by atoms with van der Waals surface area (Å²) in [5.41, 5.74) is 2.64. The molecule has 0 aromatic heterocycles. The van der Waals surface area contributed by atoms with Gasteiger partial charge in [-0.1, -0.05) is 0 Å². The van der Waals surface area contributed by atoms with Gasteiger partial charge in [-0.3, -0.25) is 4.79 Å². The van der Waals surface area contributed by atoms with Crippen molar-refractivity contribution < 1.29 is 9.53 Å². The lowest BCUT2D eigenvalue weighted by atomic mass is 9.97. The number of hydrogen-bond donors (Lipinski definition) is 1. The van der Waals surface area contributed by atoms with Gasteiger partial charge in [0.05, 0.1) is 7.11 Å². The zero-order valence-electron chi connectivity index (χ0n) is 8.52. The maximum absolute atomic E-state index is 10.9. The van der Waals surface area contributed by atoms with Gasteiger partial charge in [0, 0.05) is 18.7 Å². The van der Waals surface area contributed by atoms with Crippen molar-refractivity contribution in [1.29, 1.82) is 0 Å². The number of methoxy groups -OCH3 is 1. The van der Waals surface area contributed by atoms with Crippen molar-refractivity contribution in [2.24, 2.45) is 5.92 Å². The van der Waals surface area contributed by atoms with Crippen LogP contribution in [0.5, 0.6) is 0 Å². The fourth-order valence-corrected chi connectivity index (χ4v) is 1.59. The summed E-state index contributed by atoms with van der Waals surface area (Å²) in [6.07, 6.45) is 1.41. The first kappa shape index (κ1) is 10.1. The number of esters is 1. The SMILES string of the molecule is COC(=O)CCC1CNC(C)=C1C. The first-order valence-corrected chi connectivity index (χ1v) is 4.63. The van der Waals surface area contributed by atoms with Crippen LogP contribution >= 0.6 is 0 Å². The Kier molecular flexibility index (Phi) is 3.34. The molecule has 1 atom stereocenters. The summed E-state index contributed by atoms with van der Waals surface area (Å²) in [4.78, 5) is 10.9. The van der Waals surface area contributed by atoms with Crippen molar-refractivity contribution in [3.8, 4) is 0 Å². The molecule has 13 heavy (non-hydrogen) atoms. The van der Waals surface area contributed by atoms with E-state index >= 15 is 0 Å². The molecule has 0 saturated heterocycles. The monoisotopic (exact) mass is 183 g/mol. The van der Waals surface area contributed by atoms with Crippen LogP contribution in [0.2, 0.25) is 0 Å². The molecule has 0 aliphatic carbocycles. The minimum Gasteiger partial charge on any atom is -0.469 e. The summed E-state index contributed by atoms with van der Waals surface area (Å²) in [6, 6.07) is 0. The van der Waals surface area contributed by atoms with E-state index in [0.29, 0.717) is 12.3 Å². The number of rotatable bonds is 3. The average Bonchev–Trinajstić information content (AvgIpc) is 2.44. The summed E-state index contributed by atoms with van der Waals surface area (Å²) < 4.78 is 4.60. The molecule has 1 aliphatic rings. The van der Waals surface area contributed by atoms with E-state index in [1.807, 2.05) is 0 Å². The highest BCUT2D eigenvalue weighted by atomic mass is 16.5. The van der Waals surface area contributed by atoms with Crippen molar-refractivity contribution in [3.05, 3.63) is 11.3 Å². The molecule has 0 aromatic rings. The van der Waals surface area contributed by atoms with Crippen molar-refractivity contribution in [3.63, 3.8) is 0 Å². The molecule has 0 aromatic carbocycles. The molecule has 1 rings (SSSR count). The van der Waals surface area contributed by atoms with Crippen molar-refractivity contribution in [2.45, 2.75) is 26.7 Å². The van der Waals surface area contributed by atoms with Gasteiger partial charge in [-0.2, -0.15) is 0 Å². The van der Waals surface area contributed by atoms with Crippen LogP contribution < -0.4 is 5.32 Å². The molecule has 0 bridgehead atoms. The molecule has 0 spiro atoms. The van der Waals surface area contributed by atoms with Crippen LogP contribution in [0, 0.1) is 5.92 Å². The van der Waals surface area contributed by atoms with E-state index in [1.54, 1.807) is 0 Å². The van der Waals surface area contributed by atoms with Gasteiger partial charge >= 0.3 is 5.97 Å². The number of carbonyl (C=O) groups excluding carboxylic acids is 1. The second kappa shape index (κ2) is 4.30. The zero-order chi connectivity index (χ0) is 9.84. The lowest BCUT2D eigenvalue weighted by molar-refractivity contribution is -0.140. The van der Waals surface area contributed by atoms with Crippen LogP contribution in [0.25, 0.3) is 0 Å². The molecule has 74 valence electrons. The Bertz CT molecular complexity index is 233. The first-order valence-electron chi connectivity index (χ1n) is 4.63. The van der Waals surface area contributed by atoms with E-state index in [2.05, 4.69) is 23.9 Å². The summed E-state index contributed by atoms with van der Waals surface area (Å²) in [6.45, 7) is 5.17. The molecule has 0 fully saturated rings. The zero-order valence-corrected chi connectivity index (χ0v) is 8.52. The fourth-order valence-electron chi connectivity index (χ4n) is 1.59. The summed E-state index contributed by atoms with van der Waals surface area (Å²) in [5, 5.41) is 3.29. The Morgan fingerprint density at radius 2 is 2.31 bits per heavy atom. The third kappa shape index (κ3) is 2.47. The second-order valence-electron chi connectivity index (χ2n) is 3.50. The van der Waals surface area contributed by atoms with Gasteiger partial charge in [0.25, 0.3) is 0 Å². The van der Waals surface area contributed by atoms with Crippen LogP contribution in [0.1, 0.15) is 26.7 Å². The summed E-state index contributed by atoms with van der Waals surface area (Å²) in [7, 11) is 1.43. The Hall–Kier alpha value is -0.990. The van der Waals surface area contributed by atoms with E-state index in [4.69, 9.17) is 0 Å². The van der Waals surface area contributed by atoms with Crippen LogP contribution in [-0.2, 0) is 9.53 Å². The lowest BCUT2D eigenvalue weighted by Gasteiger charge is -2.08. The minimum atomic E-state index is -0.114. The quantitative estimate of drug-likeness (QED) is 0.673. The van der Waals surface area contributed by atoms with Gasteiger partial charge in [0.1, 0.15) is 0 Å². The van der Waals surface area contributed by atoms with Crippen molar-refractivity contribution in [1.82, 2.24) is 5.32 Å². The van der Waals surface area contributed by atoms with E-state index < -0.39 is 0 Å². The first-order chi connectivity index (χ1) is 6.15. The Morgan fingerprint density at radius 3 is 2.77 bits per heavy atom. The maximum atomic E-state index is 10.9. The van der Waals surface area contributed by atoms with Gasteiger partial charge in [-0.25, -0.2) is 0 Å². The molecule has 1 N–H and O–H groups in total. The highest BCUT2D eigenvalue weighted by molar-refractivity contribution is 5.69. The van der Waals surface area contributed by atoms with Crippen LogP contribution in [0.15, 0.2) is 11.3 Å².